The molecule has 1 aliphatic rings. The van der Waals surface area contributed by atoms with Crippen LogP contribution in [0.5, 0.6) is 0 Å². The van der Waals surface area contributed by atoms with E-state index in [9.17, 15) is 0 Å². The Morgan fingerprint density at radius 3 is 2.42 bits per heavy atom. The molecule has 0 spiro atoms. The molecule has 2 N–H and O–H groups in total. The van der Waals surface area contributed by atoms with Crippen LogP contribution in [0.2, 0.25) is 0 Å². The first-order valence-corrected chi connectivity index (χ1v) is 8.51. The van der Waals surface area contributed by atoms with Gasteiger partial charge in [-0.1, -0.05) is 42.5 Å². The van der Waals surface area contributed by atoms with Gasteiger partial charge in [0.05, 0.1) is 5.69 Å². The highest BCUT2D eigenvalue weighted by Crippen LogP contribution is 2.25. The van der Waals surface area contributed by atoms with Crippen LogP contribution in [0.15, 0.2) is 60.8 Å². The first kappa shape index (κ1) is 15.1. The summed E-state index contributed by atoms with van der Waals surface area (Å²) < 4.78 is 0. The molecule has 0 amide bonds. The third-order valence-corrected chi connectivity index (χ3v) is 4.58. The summed E-state index contributed by atoms with van der Waals surface area (Å²) in [4.78, 5) is 2.50. The first-order chi connectivity index (χ1) is 11.9. The molecule has 122 valence electrons. The second-order valence-corrected chi connectivity index (χ2v) is 6.27. The van der Waals surface area contributed by atoms with Crippen molar-refractivity contribution in [3.8, 4) is 22.4 Å². The summed E-state index contributed by atoms with van der Waals surface area (Å²) >= 11 is 0. The van der Waals surface area contributed by atoms with E-state index in [-0.39, 0.29) is 0 Å². The molecule has 3 aromatic rings. The standard InChI is InChI=1S/C20H22N4/c1-2-18(14-19(3-1)20-8-9-22-23-20)17-6-4-16(5-7-17)15-24-12-10-21-11-13-24/h1-9,14,21H,10-13,15H2,(H,22,23). The zero-order chi connectivity index (χ0) is 16.2. The zero-order valence-electron chi connectivity index (χ0n) is 13.7. The van der Waals surface area contributed by atoms with E-state index in [4.69, 9.17) is 0 Å². The lowest BCUT2D eigenvalue weighted by Crippen LogP contribution is -2.42. The highest BCUT2D eigenvalue weighted by atomic mass is 15.2. The lowest BCUT2D eigenvalue weighted by molar-refractivity contribution is 0.233. The number of piperazine rings is 1. The summed E-state index contributed by atoms with van der Waals surface area (Å²) in [5.41, 5.74) is 6.07. The van der Waals surface area contributed by atoms with Crippen LogP contribution in [-0.2, 0) is 6.54 Å². The molecule has 1 saturated heterocycles. The van der Waals surface area contributed by atoms with Crippen molar-refractivity contribution >= 4 is 0 Å². The van der Waals surface area contributed by atoms with Crippen molar-refractivity contribution < 1.29 is 0 Å². The second-order valence-electron chi connectivity index (χ2n) is 6.27. The molecule has 1 fully saturated rings. The average Bonchev–Trinajstić information content (AvgIpc) is 3.18. The van der Waals surface area contributed by atoms with Crippen molar-refractivity contribution in [2.75, 3.05) is 26.2 Å². The van der Waals surface area contributed by atoms with E-state index in [1.165, 1.54) is 16.7 Å². The molecule has 4 heteroatoms. The molecular formula is C20H22N4. The van der Waals surface area contributed by atoms with Crippen LogP contribution in [0.1, 0.15) is 5.56 Å². The fraction of sp³-hybridized carbons (Fsp3) is 0.250. The topological polar surface area (TPSA) is 44.0 Å². The zero-order valence-corrected chi connectivity index (χ0v) is 13.7. The van der Waals surface area contributed by atoms with E-state index in [1.807, 2.05) is 6.07 Å². The average molecular weight is 318 g/mol. The van der Waals surface area contributed by atoms with Gasteiger partial charge in [-0.2, -0.15) is 5.10 Å². The van der Waals surface area contributed by atoms with Gasteiger partial charge in [-0.25, -0.2) is 0 Å². The molecule has 0 bridgehead atoms. The summed E-state index contributed by atoms with van der Waals surface area (Å²) in [6, 6.07) is 19.5. The Morgan fingerprint density at radius 2 is 1.67 bits per heavy atom. The molecule has 0 saturated carbocycles. The Kier molecular flexibility index (Phi) is 4.40. The number of nitrogens with zero attached hydrogens (tertiary/aromatic N) is 2. The number of hydrogen-bond acceptors (Lipinski definition) is 3. The molecule has 0 aliphatic carbocycles. The van der Waals surface area contributed by atoms with Crippen LogP contribution in [0, 0.1) is 0 Å². The fourth-order valence-electron chi connectivity index (χ4n) is 3.21. The molecule has 2 heterocycles. The van der Waals surface area contributed by atoms with Gasteiger partial charge in [-0.3, -0.25) is 10.00 Å². The first-order valence-electron chi connectivity index (χ1n) is 8.51. The van der Waals surface area contributed by atoms with Crippen molar-refractivity contribution in [1.29, 1.82) is 0 Å². The highest BCUT2D eigenvalue weighted by molar-refractivity contribution is 5.71. The smallest absolute Gasteiger partial charge is 0.0650 e. The molecular weight excluding hydrogens is 296 g/mol. The Bertz CT molecular complexity index is 772. The number of benzene rings is 2. The number of nitrogens with one attached hydrogen (secondary N) is 2. The highest BCUT2D eigenvalue weighted by Gasteiger charge is 2.10. The van der Waals surface area contributed by atoms with Crippen LogP contribution in [0.4, 0.5) is 0 Å². The fourth-order valence-corrected chi connectivity index (χ4v) is 3.21. The summed E-state index contributed by atoms with van der Waals surface area (Å²) in [5.74, 6) is 0. The lowest BCUT2D eigenvalue weighted by atomic mass is 10.0. The van der Waals surface area contributed by atoms with Crippen molar-refractivity contribution in [3.05, 3.63) is 66.4 Å². The van der Waals surface area contributed by atoms with Crippen molar-refractivity contribution in [1.82, 2.24) is 20.4 Å². The number of rotatable bonds is 4. The van der Waals surface area contributed by atoms with Crippen LogP contribution in [-0.4, -0.2) is 41.3 Å². The summed E-state index contributed by atoms with van der Waals surface area (Å²) in [5, 5.41) is 10.5. The van der Waals surface area contributed by atoms with Gasteiger partial charge in [-0.15, -0.1) is 0 Å². The molecule has 4 rings (SSSR count). The molecule has 0 atom stereocenters. The molecule has 0 radical (unpaired) electrons. The van der Waals surface area contributed by atoms with E-state index in [1.54, 1.807) is 6.20 Å². The number of aromatic nitrogens is 2. The Morgan fingerprint density at radius 1 is 0.875 bits per heavy atom. The lowest BCUT2D eigenvalue weighted by Gasteiger charge is -2.27. The molecule has 0 unspecified atom stereocenters. The molecule has 24 heavy (non-hydrogen) atoms. The van der Waals surface area contributed by atoms with Gasteiger partial charge < -0.3 is 5.32 Å². The predicted molar refractivity (Wildman–Crippen MR) is 97.6 cm³/mol. The van der Waals surface area contributed by atoms with E-state index < -0.39 is 0 Å². The number of hydrogen-bond donors (Lipinski definition) is 2. The molecule has 1 aromatic heterocycles. The maximum Gasteiger partial charge on any atom is 0.0650 e. The minimum atomic E-state index is 1.04. The van der Waals surface area contributed by atoms with Gasteiger partial charge in [0.1, 0.15) is 0 Å². The molecule has 1 aliphatic heterocycles. The summed E-state index contributed by atoms with van der Waals surface area (Å²) in [6.07, 6.45) is 1.78. The van der Waals surface area contributed by atoms with Crippen molar-refractivity contribution in [2.45, 2.75) is 6.54 Å². The molecule has 4 nitrogen and oxygen atoms in total. The van der Waals surface area contributed by atoms with Crippen LogP contribution in [0.3, 0.4) is 0 Å². The van der Waals surface area contributed by atoms with Gasteiger partial charge in [0.25, 0.3) is 0 Å². The quantitative estimate of drug-likeness (QED) is 0.777. The molecule has 2 aromatic carbocycles. The van der Waals surface area contributed by atoms with Crippen molar-refractivity contribution in [3.63, 3.8) is 0 Å². The predicted octanol–water partition coefficient (Wildman–Crippen LogP) is 3.15. The Balaban J connectivity index is 1.51. The van der Waals surface area contributed by atoms with E-state index >= 15 is 0 Å². The largest absolute Gasteiger partial charge is 0.314 e. The van der Waals surface area contributed by atoms with Gasteiger partial charge in [-0.05, 0) is 28.8 Å². The number of H-pyrrole nitrogens is 1. The second kappa shape index (κ2) is 6.99. The van der Waals surface area contributed by atoms with Crippen molar-refractivity contribution in [2.24, 2.45) is 0 Å². The van der Waals surface area contributed by atoms with Crippen LogP contribution in [0.25, 0.3) is 22.4 Å². The van der Waals surface area contributed by atoms with E-state index in [0.29, 0.717) is 0 Å². The Labute approximate surface area is 142 Å². The maximum atomic E-state index is 4.03. The SMILES string of the molecule is c1cc(-c2ccc(CN3CCNCC3)cc2)cc(-c2ccn[nH]2)c1. The van der Waals surface area contributed by atoms with Gasteiger partial charge in [0.2, 0.25) is 0 Å². The maximum absolute atomic E-state index is 4.03. The minimum absolute atomic E-state index is 1.04. The van der Waals surface area contributed by atoms with E-state index in [2.05, 4.69) is 68.9 Å². The third kappa shape index (κ3) is 3.40. The van der Waals surface area contributed by atoms with Crippen LogP contribution < -0.4 is 5.32 Å². The minimum Gasteiger partial charge on any atom is -0.314 e. The van der Waals surface area contributed by atoms with E-state index in [0.717, 1.165) is 44.0 Å². The third-order valence-electron chi connectivity index (χ3n) is 4.58. The summed E-state index contributed by atoms with van der Waals surface area (Å²) in [6.45, 7) is 5.50. The van der Waals surface area contributed by atoms with Gasteiger partial charge in [0, 0.05) is 44.5 Å². The normalized spacial score (nSPS) is 15.5. The van der Waals surface area contributed by atoms with Gasteiger partial charge >= 0.3 is 0 Å². The van der Waals surface area contributed by atoms with Gasteiger partial charge in [0.15, 0.2) is 0 Å². The van der Waals surface area contributed by atoms with Crippen LogP contribution >= 0.6 is 0 Å². The summed E-state index contributed by atoms with van der Waals surface area (Å²) in [7, 11) is 0. The number of aromatic amines is 1. The Hall–Kier alpha value is -2.43. The monoisotopic (exact) mass is 318 g/mol.